The van der Waals surface area contributed by atoms with Gasteiger partial charge in [-0.15, -0.1) is 0 Å². The fraction of sp³-hybridized carbons (Fsp3) is 0.208. The third-order valence-electron chi connectivity index (χ3n) is 5.31. The van der Waals surface area contributed by atoms with Crippen molar-refractivity contribution in [3.8, 4) is 34.1 Å². The first-order chi connectivity index (χ1) is 15.1. The predicted octanol–water partition coefficient (Wildman–Crippen LogP) is 4.68. The van der Waals surface area contributed by atoms with Crippen LogP contribution in [0.3, 0.4) is 0 Å². The molecule has 0 bridgehead atoms. The lowest BCUT2D eigenvalue weighted by Gasteiger charge is -2.23. The van der Waals surface area contributed by atoms with Gasteiger partial charge in [0, 0.05) is 24.8 Å². The normalized spacial score (nSPS) is 14.4. The lowest BCUT2D eigenvalue weighted by atomic mass is 10.00. The molecule has 2 heterocycles. The Kier molecular flexibility index (Phi) is 5.21. The Balaban J connectivity index is 1.55. The maximum absolute atomic E-state index is 12.4. The maximum atomic E-state index is 12.4. The number of phenols is 1. The van der Waals surface area contributed by atoms with Crippen LogP contribution in [0.25, 0.3) is 11.1 Å². The Morgan fingerprint density at radius 3 is 2.84 bits per heavy atom. The van der Waals surface area contributed by atoms with Crippen molar-refractivity contribution < 1.29 is 24.1 Å². The van der Waals surface area contributed by atoms with Gasteiger partial charge in [0.15, 0.2) is 11.5 Å². The van der Waals surface area contributed by atoms with Gasteiger partial charge >= 0.3 is 0 Å². The molecule has 1 amide bonds. The van der Waals surface area contributed by atoms with Crippen molar-refractivity contribution in [2.75, 3.05) is 26.9 Å². The van der Waals surface area contributed by atoms with Gasteiger partial charge in [0.2, 0.25) is 5.91 Å². The van der Waals surface area contributed by atoms with Crippen molar-refractivity contribution in [3.05, 3.63) is 60.2 Å². The monoisotopic (exact) mass is 435 g/mol. The number of amides is 1. The minimum atomic E-state index is -0.114. The van der Waals surface area contributed by atoms with E-state index in [1.54, 1.807) is 22.7 Å². The highest BCUT2D eigenvalue weighted by molar-refractivity contribution is 7.99. The van der Waals surface area contributed by atoms with E-state index in [2.05, 4.69) is 0 Å². The zero-order valence-corrected chi connectivity index (χ0v) is 17.8. The third-order valence-corrected chi connectivity index (χ3v) is 6.41. The minimum Gasteiger partial charge on any atom is -0.504 e. The van der Waals surface area contributed by atoms with Gasteiger partial charge in [-0.1, -0.05) is 36.0 Å². The van der Waals surface area contributed by atoms with Crippen LogP contribution in [-0.4, -0.2) is 42.8 Å². The zero-order valence-electron chi connectivity index (χ0n) is 17.0. The van der Waals surface area contributed by atoms with Crippen LogP contribution in [0, 0.1) is 0 Å². The topological polar surface area (TPSA) is 68.2 Å². The summed E-state index contributed by atoms with van der Waals surface area (Å²) in [6.07, 6.45) is 0. The Labute approximate surface area is 184 Å². The van der Waals surface area contributed by atoms with Crippen molar-refractivity contribution in [1.82, 2.24) is 4.90 Å². The van der Waals surface area contributed by atoms with Crippen LogP contribution in [-0.2, 0) is 16.1 Å². The standard InChI is InChI=1S/C24H21NO5S/c1-28-14-22(27)25-9-10-29-23-16(13-25)11-15(12-18(23)26)17-5-4-8-21-24(17)30-19-6-2-3-7-20(19)31-21/h2-8,11-12,26H,9-10,13-14H2,1H3. The molecule has 2 aliphatic rings. The first-order valence-electron chi connectivity index (χ1n) is 9.97. The van der Waals surface area contributed by atoms with E-state index in [0.29, 0.717) is 25.4 Å². The van der Waals surface area contributed by atoms with Crippen molar-refractivity contribution >= 4 is 17.7 Å². The molecule has 3 aromatic rings. The molecule has 0 aliphatic carbocycles. The second-order valence-corrected chi connectivity index (χ2v) is 8.45. The molecule has 5 rings (SSSR count). The van der Waals surface area contributed by atoms with Crippen LogP contribution in [0.2, 0.25) is 0 Å². The Morgan fingerprint density at radius 2 is 1.97 bits per heavy atom. The molecule has 7 heteroatoms. The number of hydrogen-bond acceptors (Lipinski definition) is 6. The van der Waals surface area contributed by atoms with Gasteiger partial charge in [-0.05, 0) is 35.9 Å². The number of ether oxygens (including phenoxy) is 3. The van der Waals surface area contributed by atoms with Gasteiger partial charge in [-0.3, -0.25) is 4.79 Å². The van der Waals surface area contributed by atoms with Crippen molar-refractivity contribution in [1.29, 1.82) is 0 Å². The van der Waals surface area contributed by atoms with Gasteiger partial charge in [0.25, 0.3) is 0 Å². The van der Waals surface area contributed by atoms with Crippen LogP contribution >= 0.6 is 11.8 Å². The number of hydrogen-bond donors (Lipinski definition) is 1. The first kappa shape index (κ1) is 19.8. The van der Waals surface area contributed by atoms with Crippen LogP contribution in [0.5, 0.6) is 23.0 Å². The van der Waals surface area contributed by atoms with Crippen LogP contribution in [0.4, 0.5) is 0 Å². The van der Waals surface area contributed by atoms with Gasteiger partial charge in [0.05, 0.1) is 16.3 Å². The SMILES string of the molecule is COCC(=O)N1CCOc2c(O)cc(-c3cccc4c3Oc3ccccc3S4)cc2C1. The van der Waals surface area contributed by atoms with Crippen LogP contribution in [0.1, 0.15) is 5.56 Å². The highest BCUT2D eigenvalue weighted by atomic mass is 32.2. The average Bonchev–Trinajstić information content (AvgIpc) is 3.00. The van der Waals surface area contributed by atoms with Gasteiger partial charge in [-0.2, -0.15) is 0 Å². The Hall–Kier alpha value is -3.16. The van der Waals surface area contributed by atoms with Crippen LogP contribution < -0.4 is 9.47 Å². The quantitative estimate of drug-likeness (QED) is 0.504. The fourth-order valence-electron chi connectivity index (χ4n) is 3.86. The molecule has 0 unspecified atom stereocenters. The smallest absolute Gasteiger partial charge is 0.248 e. The number of methoxy groups -OCH3 is 1. The molecule has 0 saturated carbocycles. The highest BCUT2D eigenvalue weighted by Gasteiger charge is 2.25. The van der Waals surface area contributed by atoms with E-state index in [4.69, 9.17) is 14.2 Å². The predicted molar refractivity (Wildman–Crippen MR) is 117 cm³/mol. The molecule has 0 aromatic heterocycles. The van der Waals surface area contributed by atoms with Crippen LogP contribution in [0.15, 0.2) is 64.4 Å². The molecular formula is C24H21NO5S. The van der Waals surface area contributed by atoms with E-state index in [1.807, 2.05) is 48.5 Å². The minimum absolute atomic E-state index is 0.0116. The number of rotatable bonds is 3. The summed E-state index contributed by atoms with van der Waals surface area (Å²) in [5.74, 6) is 1.92. The number of para-hydroxylation sites is 2. The number of phenolic OH excluding ortho intramolecular Hbond substituents is 1. The summed E-state index contributed by atoms with van der Waals surface area (Å²) in [5.41, 5.74) is 2.42. The van der Waals surface area contributed by atoms with Crippen molar-refractivity contribution in [2.24, 2.45) is 0 Å². The molecule has 3 aromatic carbocycles. The summed E-state index contributed by atoms with van der Waals surface area (Å²) >= 11 is 1.66. The summed E-state index contributed by atoms with van der Waals surface area (Å²) in [4.78, 5) is 16.1. The number of carbonyl (C=O) groups is 1. The van der Waals surface area contributed by atoms with Gasteiger partial charge in [0.1, 0.15) is 24.7 Å². The highest BCUT2D eigenvalue weighted by Crippen LogP contribution is 2.51. The summed E-state index contributed by atoms with van der Waals surface area (Å²) in [7, 11) is 1.50. The number of fused-ring (bicyclic) bond motifs is 3. The molecule has 0 spiro atoms. The maximum Gasteiger partial charge on any atom is 0.248 e. The Morgan fingerprint density at radius 1 is 1.13 bits per heavy atom. The lowest BCUT2D eigenvalue weighted by molar-refractivity contribution is -0.135. The lowest BCUT2D eigenvalue weighted by Crippen LogP contribution is -2.34. The zero-order chi connectivity index (χ0) is 21.4. The van der Waals surface area contributed by atoms with E-state index in [0.717, 1.165) is 38.0 Å². The van der Waals surface area contributed by atoms with Crippen molar-refractivity contribution in [2.45, 2.75) is 16.3 Å². The molecule has 31 heavy (non-hydrogen) atoms. The van der Waals surface area contributed by atoms with Gasteiger partial charge in [-0.25, -0.2) is 0 Å². The average molecular weight is 436 g/mol. The number of nitrogens with zero attached hydrogens (tertiary/aromatic N) is 1. The molecule has 0 atom stereocenters. The number of carbonyl (C=O) groups excluding carboxylic acids is 1. The van der Waals surface area contributed by atoms with Gasteiger partial charge < -0.3 is 24.2 Å². The Bertz CT molecular complexity index is 1160. The van der Waals surface area contributed by atoms with Crippen molar-refractivity contribution in [3.63, 3.8) is 0 Å². The second kappa shape index (κ2) is 8.17. The van der Waals surface area contributed by atoms with E-state index in [1.165, 1.54) is 7.11 Å². The number of aromatic hydroxyl groups is 1. The molecule has 0 fully saturated rings. The molecule has 2 aliphatic heterocycles. The van der Waals surface area contributed by atoms with E-state index in [9.17, 15) is 9.90 Å². The summed E-state index contributed by atoms with van der Waals surface area (Å²) < 4.78 is 17.0. The molecule has 158 valence electrons. The molecule has 0 radical (unpaired) electrons. The summed E-state index contributed by atoms with van der Waals surface area (Å²) in [5, 5.41) is 10.7. The van der Waals surface area contributed by atoms with E-state index in [-0.39, 0.29) is 18.3 Å². The third kappa shape index (κ3) is 3.71. The first-order valence-corrected chi connectivity index (χ1v) is 10.8. The largest absolute Gasteiger partial charge is 0.504 e. The summed E-state index contributed by atoms with van der Waals surface area (Å²) in [6, 6.07) is 17.5. The number of benzene rings is 3. The summed E-state index contributed by atoms with van der Waals surface area (Å²) in [6.45, 7) is 1.10. The second-order valence-electron chi connectivity index (χ2n) is 7.36. The molecule has 0 saturated heterocycles. The molecule has 1 N–H and O–H groups in total. The molecule has 6 nitrogen and oxygen atoms in total. The fourth-order valence-corrected chi connectivity index (χ4v) is 4.84. The van der Waals surface area contributed by atoms with E-state index < -0.39 is 0 Å². The molecular weight excluding hydrogens is 414 g/mol. The van der Waals surface area contributed by atoms with E-state index >= 15 is 0 Å².